The van der Waals surface area contributed by atoms with Crippen molar-refractivity contribution in [3.63, 3.8) is 0 Å². The third-order valence-electron chi connectivity index (χ3n) is 3.14. The van der Waals surface area contributed by atoms with Gasteiger partial charge in [0.05, 0.1) is 5.88 Å². The number of halogens is 3. The largest absolute Gasteiger partial charge is 0.335 e. The van der Waals surface area contributed by atoms with E-state index in [-0.39, 0.29) is 17.6 Å². The third kappa shape index (κ3) is 13.4. The van der Waals surface area contributed by atoms with Gasteiger partial charge in [0.2, 0.25) is 0 Å². The number of hydrogen-bond acceptors (Lipinski definition) is 3. The molecular formula is C15H26Cl3NO2. The molecule has 0 fully saturated rings. The summed E-state index contributed by atoms with van der Waals surface area (Å²) in [6, 6.07) is 0. The number of oxime groups is 1. The van der Waals surface area contributed by atoms with Crippen molar-refractivity contribution >= 4 is 46.5 Å². The SMILES string of the molecule is CCCCCCCCCCCC(=O)ON=C(CCl)C(Cl)Cl. The van der Waals surface area contributed by atoms with Crippen molar-refractivity contribution in [1.82, 2.24) is 0 Å². The summed E-state index contributed by atoms with van der Waals surface area (Å²) in [5, 5.41) is 3.57. The van der Waals surface area contributed by atoms with Crippen LogP contribution in [0.5, 0.6) is 0 Å². The van der Waals surface area contributed by atoms with Crippen LogP contribution in [0.2, 0.25) is 0 Å². The Hall–Kier alpha value is 0.01000. The molecule has 0 aromatic carbocycles. The van der Waals surface area contributed by atoms with Crippen molar-refractivity contribution in [3.8, 4) is 0 Å². The maximum atomic E-state index is 11.4. The number of carbonyl (C=O) groups excluding carboxylic acids is 1. The van der Waals surface area contributed by atoms with Crippen molar-refractivity contribution in [2.45, 2.75) is 76.0 Å². The molecule has 0 aromatic heterocycles. The number of hydrogen-bond donors (Lipinski definition) is 0. The molecule has 0 rings (SSSR count). The lowest BCUT2D eigenvalue weighted by atomic mass is 10.1. The van der Waals surface area contributed by atoms with Gasteiger partial charge in [0.25, 0.3) is 0 Å². The molecule has 0 aromatic rings. The molecule has 21 heavy (non-hydrogen) atoms. The van der Waals surface area contributed by atoms with Gasteiger partial charge in [-0.3, -0.25) is 0 Å². The first kappa shape index (κ1) is 21.0. The minimum absolute atomic E-state index is 0.0446. The molecule has 0 saturated heterocycles. The molecule has 0 aliphatic carbocycles. The predicted molar refractivity (Wildman–Crippen MR) is 91.6 cm³/mol. The zero-order chi connectivity index (χ0) is 15.9. The molecule has 0 aliphatic rings. The Bertz CT molecular complexity index is 297. The maximum Gasteiger partial charge on any atom is 0.335 e. The van der Waals surface area contributed by atoms with E-state index in [2.05, 4.69) is 12.1 Å². The van der Waals surface area contributed by atoms with Crippen molar-refractivity contribution in [2.75, 3.05) is 5.88 Å². The van der Waals surface area contributed by atoms with E-state index in [4.69, 9.17) is 39.6 Å². The fraction of sp³-hybridized carbons (Fsp3) is 0.867. The zero-order valence-corrected chi connectivity index (χ0v) is 15.0. The Morgan fingerprint density at radius 1 is 1.00 bits per heavy atom. The maximum absolute atomic E-state index is 11.4. The number of rotatable bonds is 13. The smallest absolute Gasteiger partial charge is 0.318 e. The lowest BCUT2D eigenvalue weighted by molar-refractivity contribution is -0.143. The van der Waals surface area contributed by atoms with Crippen LogP contribution < -0.4 is 0 Å². The van der Waals surface area contributed by atoms with Gasteiger partial charge in [-0.25, -0.2) is 4.79 Å². The van der Waals surface area contributed by atoms with Gasteiger partial charge in [0.15, 0.2) is 0 Å². The average Bonchev–Trinajstić information content (AvgIpc) is 2.45. The van der Waals surface area contributed by atoms with Gasteiger partial charge < -0.3 is 4.84 Å². The molecule has 0 saturated carbocycles. The summed E-state index contributed by atoms with van der Waals surface area (Å²) in [6.45, 7) is 2.22. The molecule has 0 amide bonds. The molecule has 0 unspecified atom stereocenters. The van der Waals surface area contributed by atoms with E-state index in [1.54, 1.807) is 0 Å². The second kappa shape index (κ2) is 14.9. The highest BCUT2D eigenvalue weighted by molar-refractivity contribution is 6.56. The Morgan fingerprint density at radius 2 is 1.52 bits per heavy atom. The molecule has 0 heterocycles. The molecule has 6 heteroatoms. The van der Waals surface area contributed by atoms with Crippen molar-refractivity contribution in [1.29, 1.82) is 0 Å². The van der Waals surface area contributed by atoms with E-state index >= 15 is 0 Å². The first-order valence-electron chi connectivity index (χ1n) is 7.72. The average molecular weight is 359 g/mol. The van der Waals surface area contributed by atoms with Crippen LogP contribution in [-0.2, 0) is 9.63 Å². The summed E-state index contributed by atoms with van der Waals surface area (Å²) in [5.41, 5.74) is 0.250. The van der Waals surface area contributed by atoms with Crippen LogP contribution in [0.4, 0.5) is 0 Å². The second-order valence-corrected chi connectivity index (χ2v) is 6.42. The highest BCUT2D eigenvalue weighted by atomic mass is 35.5. The van der Waals surface area contributed by atoms with Crippen molar-refractivity contribution in [2.24, 2.45) is 5.16 Å². The van der Waals surface area contributed by atoms with Gasteiger partial charge in [0.1, 0.15) is 10.5 Å². The fourth-order valence-electron chi connectivity index (χ4n) is 1.86. The minimum Gasteiger partial charge on any atom is -0.318 e. The Morgan fingerprint density at radius 3 is 2.00 bits per heavy atom. The summed E-state index contributed by atoms with van der Waals surface area (Å²) in [6.07, 6.45) is 11.2. The first-order chi connectivity index (χ1) is 10.1. The minimum atomic E-state index is -0.844. The number of nitrogens with zero attached hydrogens (tertiary/aromatic N) is 1. The summed E-state index contributed by atoms with van der Waals surface area (Å²) < 4.78 is 0. The van der Waals surface area contributed by atoms with Crippen LogP contribution in [0.25, 0.3) is 0 Å². The monoisotopic (exact) mass is 357 g/mol. The van der Waals surface area contributed by atoms with E-state index < -0.39 is 4.84 Å². The highest BCUT2D eigenvalue weighted by Gasteiger charge is 2.10. The van der Waals surface area contributed by atoms with E-state index in [1.807, 2.05) is 0 Å². The van der Waals surface area contributed by atoms with Crippen LogP contribution >= 0.6 is 34.8 Å². The molecule has 0 N–H and O–H groups in total. The standard InChI is InChI=1S/C15H26Cl3NO2/c1-2-3-4-5-6-7-8-9-10-11-14(20)21-19-13(12-16)15(17)18/h15H,2-12H2,1H3. The van der Waals surface area contributed by atoms with E-state index in [9.17, 15) is 4.79 Å². The Kier molecular flexibility index (Phi) is 14.9. The van der Waals surface area contributed by atoms with E-state index in [0.717, 1.165) is 12.8 Å². The summed E-state index contributed by atoms with van der Waals surface area (Å²) in [5.74, 6) is -0.322. The fourth-order valence-corrected chi connectivity index (χ4v) is 2.45. The van der Waals surface area contributed by atoms with Crippen molar-refractivity contribution < 1.29 is 9.63 Å². The number of unbranched alkanes of at least 4 members (excludes halogenated alkanes) is 8. The van der Waals surface area contributed by atoms with Gasteiger partial charge in [-0.15, -0.1) is 11.6 Å². The van der Waals surface area contributed by atoms with Crippen LogP contribution in [0, 0.1) is 0 Å². The molecule has 0 radical (unpaired) electrons. The van der Waals surface area contributed by atoms with Gasteiger partial charge in [-0.05, 0) is 6.42 Å². The molecule has 124 valence electrons. The summed E-state index contributed by atoms with van der Waals surface area (Å²) in [7, 11) is 0. The molecule has 0 spiro atoms. The first-order valence-corrected chi connectivity index (χ1v) is 9.13. The van der Waals surface area contributed by atoms with E-state index in [0.29, 0.717) is 6.42 Å². The van der Waals surface area contributed by atoms with E-state index in [1.165, 1.54) is 44.9 Å². The van der Waals surface area contributed by atoms with Crippen LogP contribution in [0.3, 0.4) is 0 Å². The van der Waals surface area contributed by atoms with Gasteiger partial charge >= 0.3 is 5.97 Å². The van der Waals surface area contributed by atoms with Gasteiger partial charge in [-0.2, -0.15) is 0 Å². The van der Waals surface area contributed by atoms with Crippen LogP contribution in [-0.4, -0.2) is 22.4 Å². The molecule has 3 nitrogen and oxygen atoms in total. The van der Waals surface area contributed by atoms with Crippen LogP contribution in [0.1, 0.15) is 71.1 Å². The molecule has 0 bridgehead atoms. The molecule has 0 atom stereocenters. The lowest BCUT2D eigenvalue weighted by Crippen LogP contribution is -2.12. The molecular weight excluding hydrogens is 333 g/mol. The molecule has 0 aliphatic heterocycles. The van der Waals surface area contributed by atoms with Crippen LogP contribution in [0.15, 0.2) is 5.16 Å². The topological polar surface area (TPSA) is 38.7 Å². The summed E-state index contributed by atoms with van der Waals surface area (Å²) in [4.78, 5) is 15.3. The normalized spacial score (nSPS) is 12.0. The highest BCUT2D eigenvalue weighted by Crippen LogP contribution is 2.11. The lowest BCUT2D eigenvalue weighted by Gasteiger charge is -2.03. The number of carbonyl (C=O) groups is 1. The van der Waals surface area contributed by atoms with Gasteiger partial charge in [-0.1, -0.05) is 86.6 Å². The summed E-state index contributed by atoms with van der Waals surface area (Å²) >= 11 is 16.7. The number of alkyl halides is 3. The zero-order valence-electron chi connectivity index (χ0n) is 12.8. The second-order valence-electron chi connectivity index (χ2n) is 5.06. The third-order valence-corrected chi connectivity index (χ3v) is 3.92. The van der Waals surface area contributed by atoms with Crippen molar-refractivity contribution in [3.05, 3.63) is 0 Å². The quantitative estimate of drug-likeness (QED) is 0.136. The Labute approximate surface area is 143 Å². The predicted octanol–water partition coefficient (Wildman–Crippen LogP) is 5.85. The van der Waals surface area contributed by atoms with Gasteiger partial charge in [0, 0.05) is 6.42 Å². The Balaban J connectivity index is 3.50.